The highest BCUT2D eigenvalue weighted by molar-refractivity contribution is 5.94. The number of carbonyl (C=O) groups is 1. The molecule has 0 aromatic heterocycles. The van der Waals surface area contributed by atoms with Crippen LogP contribution in [0.3, 0.4) is 0 Å². The fraction of sp³-hybridized carbons (Fsp3) is 0.133. The van der Waals surface area contributed by atoms with E-state index in [2.05, 4.69) is 5.32 Å². The summed E-state index contributed by atoms with van der Waals surface area (Å²) >= 11 is 0. The Labute approximate surface area is 111 Å². The maximum absolute atomic E-state index is 12.7. The number of anilines is 1. The molecule has 0 radical (unpaired) electrons. The monoisotopic (exact) mass is 258 g/mol. The fourth-order valence-electron chi connectivity index (χ4n) is 1.71. The lowest BCUT2D eigenvalue weighted by molar-refractivity contribution is 0.0954. The van der Waals surface area contributed by atoms with Gasteiger partial charge in [-0.25, -0.2) is 4.39 Å². The first-order valence-electron chi connectivity index (χ1n) is 6.03. The second-order valence-corrected chi connectivity index (χ2v) is 4.25. The third kappa shape index (κ3) is 3.81. The summed E-state index contributed by atoms with van der Waals surface area (Å²) in [6.07, 6.45) is 0.729. The van der Waals surface area contributed by atoms with E-state index in [1.54, 1.807) is 0 Å². The van der Waals surface area contributed by atoms with Crippen molar-refractivity contribution in [3.63, 3.8) is 0 Å². The number of hydrogen-bond donors (Lipinski definition) is 2. The molecule has 19 heavy (non-hydrogen) atoms. The van der Waals surface area contributed by atoms with Gasteiger partial charge in [0.05, 0.1) is 0 Å². The van der Waals surface area contributed by atoms with Crippen LogP contribution in [0.25, 0.3) is 0 Å². The summed E-state index contributed by atoms with van der Waals surface area (Å²) in [4.78, 5) is 11.7. The Balaban J connectivity index is 1.84. The smallest absolute Gasteiger partial charge is 0.251 e. The van der Waals surface area contributed by atoms with Crippen molar-refractivity contribution in [2.45, 2.75) is 6.42 Å². The number of hydrogen-bond acceptors (Lipinski definition) is 2. The van der Waals surface area contributed by atoms with Crippen molar-refractivity contribution in [3.05, 3.63) is 65.5 Å². The van der Waals surface area contributed by atoms with Crippen LogP contribution in [-0.4, -0.2) is 12.5 Å². The Kier molecular flexibility index (Phi) is 4.13. The van der Waals surface area contributed by atoms with Crippen molar-refractivity contribution < 1.29 is 9.18 Å². The second kappa shape index (κ2) is 6.00. The first-order chi connectivity index (χ1) is 9.15. The zero-order chi connectivity index (χ0) is 13.7. The van der Waals surface area contributed by atoms with E-state index in [1.807, 2.05) is 24.3 Å². The average molecular weight is 258 g/mol. The standard InChI is InChI=1S/C15H15FN2O/c16-13-5-3-12(4-6-13)15(19)18-10-9-11-1-7-14(17)8-2-11/h1-8H,9-10,17H2,(H,18,19). The highest BCUT2D eigenvalue weighted by Crippen LogP contribution is 2.06. The Morgan fingerprint density at radius 2 is 1.68 bits per heavy atom. The van der Waals surface area contributed by atoms with Crippen LogP contribution >= 0.6 is 0 Å². The van der Waals surface area contributed by atoms with Crippen LogP contribution in [0.2, 0.25) is 0 Å². The van der Waals surface area contributed by atoms with Gasteiger partial charge in [-0.1, -0.05) is 12.1 Å². The molecule has 2 rings (SSSR count). The van der Waals surface area contributed by atoms with Crippen LogP contribution in [0.15, 0.2) is 48.5 Å². The lowest BCUT2D eigenvalue weighted by atomic mass is 10.1. The minimum atomic E-state index is -0.349. The minimum Gasteiger partial charge on any atom is -0.399 e. The lowest BCUT2D eigenvalue weighted by Crippen LogP contribution is -2.25. The van der Waals surface area contributed by atoms with Crippen molar-refractivity contribution in [3.8, 4) is 0 Å². The van der Waals surface area contributed by atoms with Crippen molar-refractivity contribution in [1.82, 2.24) is 5.32 Å². The van der Waals surface area contributed by atoms with E-state index in [-0.39, 0.29) is 11.7 Å². The molecular weight excluding hydrogens is 243 g/mol. The van der Waals surface area contributed by atoms with Crippen LogP contribution in [0.1, 0.15) is 15.9 Å². The van der Waals surface area contributed by atoms with E-state index in [9.17, 15) is 9.18 Å². The maximum Gasteiger partial charge on any atom is 0.251 e. The predicted octanol–water partition coefficient (Wildman–Crippen LogP) is 2.38. The first-order valence-corrected chi connectivity index (χ1v) is 6.03. The Morgan fingerprint density at radius 3 is 2.32 bits per heavy atom. The molecule has 0 bridgehead atoms. The Hall–Kier alpha value is -2.36. The Bertz CT molecular complexity index is 549. The average Bonchev–Trinajstić information content (AvgIpc) is 2.41. The molecule has 0 saturated carbocycles. The molecule has 0 aliphatic rings. The molecule has 0 aliphatic heterocycles. The van der Waals surface area contributed by atoms with Crippen molar-refractivity contribution in [2.75, 3.05) is 12.3 Å². The molecule has 3 N–H and O–H groups in total. The number of halogens is 1. The molecule has 2 aromatic carbocycles. The molecule has 0 atom stereocenters. The van der Waals surface area contributed by atoms with Gasteiger partial charge >= 0.3 is 0 Å². The summed E-state index contributed by atoms with van der Waals surface area (Å²) in [7, 11) is 0. The van der Waals surface area contributed by atoms with Crippen LogP contribution in [0.5, 0.6) is 0 Å². The maximum atomic E-state index is 12.7. The number of amides is 1. The molecule has 98 valence electrons. The van der Waals surface area contributed by atoms with E-state index < -0.39 is 0 Å². The van der Waals surface area contributed by atoms with Crippen molar-refractivity contribution >= 4 is 11.6 Å². The predicted molar refractivity (Wildman–Crippen MR) is 73.3 cm³/mol. The van der Waals surface area contributed by atoms with E-state index in [4.69, 9.17) is 5.73 Å². The quantitative estimate of drug-likeness (QED) is 0.827. The van der Waals surface area contributed by atoms with Gasteiger partial charge in [-0.2, -0.15) is 0 Å². The third-order valence-corrected chi connectivity index (χ3v) is 2.79. The van der Waals surface area contributed by atoms with Gasteiger partial charge in [0.15, 0.2) is 0 Å². The summed E-state index contributed by atoms with van der Waals surface area (Å²) in [5.74, 6) is -0.547. The number of nitrogens with one attached hydrogen (secondary N) is 1. The normalized spacial score (nSPS) is 10.2. The van der Waals surface area contributed by atoms with Gasteiger partial charge in [-0.3, -0.25) is 4.79 Å². The molecular formula is C15H15FN2O. The van der Waals surface area contributed by atoms with Crippen LogP contribution in [0, 0.1) is 5.82 Å². The molecule has 0 unspecified atom stereocenters. The highest BCUT2D eigenvalue weighted by atomic mass is 19.1. The lowest BCUT2D eigenvalue weighted by Gasteiger charge is -2.05. The molecule has 2 aromatic rings. The van der Waals surface area contributed by atoms with Crippen molar-refractivity contribution in [1.29, 1.82) is 0 Å². The molecule has 0 heterocycles. The number of nitrogens with two attached hydrogens (primary N) is 1. The number of benzene rings is 2. The largest absolute Gasteiger partial charge is 0.399 e. The molecule has 0 spiro atoms. The molecule has 4 heteroatoms. The van der Waals surface area contributed by atoms with E-state index in [0.29, 0.717) is 12.1 Å². The summed E-state index contributed by atoms with van der Waals surface area (Å²) in [5, 5.41) is 2.79. The molecule has 0 saturated heterocycles. The van der Waals surface area contributed by atoms with Gasteiger partial charge in [0, 0.05) is 17.8 Å². The van der Waals surface area contributed by atoms with Gasteiger partial charge < -0.3 is 11.1 Å². The van der Waals surface area contributed by atoms with E-state index in [1.165, 1.54) is 24.3 Å². The zero-order valence-corrected chi connectivity index (χ0v) is 10.4. The van der Waals surface area contributed by atoms with Crippen LogP contribution in [0.4, 0.5) is 10.1 Å². The number of carbonyl (C=O) groups excluding carboxylic acids is 1. The molecule has 3 nitrogen and oxygen atoms in total. The van der Waals surface area contributed by atoms with Crippen LogP contribution < -0.4 is 11.1 Å². The Morgan fingerprint density at radius 1 is 1.05 bits per heavy atom. The van der Waals surface area contributed by atoms with Crippen LogP contribution in [-0.2, 0) is 6.42 Å². The van der Waals surface area contributed by atoms with Gasteiger partial charge in [0.1, 0.15) is 5.82 Å². The number of rotatable bonds is 4. The summed E-state index contributed by atoms with van der Waals surface area (Å²) < 4.78 is 12.7. The summed E-state index contributed by atoms with van der Waals surface area (Å²) in [6, 6.07) is 13.0. The first kappa shape index (κ1) is 13.1. The second-order valence-electron chi connectivity index (χ2n) is 4.25. The van der Waals surface area contributed by atoms with Crippen molar-refractivity contribution in [2.24, 2.45) is 0 Å². The fourth-order valence-corrected chi connectivity index (χ4v) is 1.71. The highest BCUT2D eigenvalue weighted by Gasteiger charge is 2.04. The van der Waals surface area contributed by atoms with Gasteiger partial charge in [-0.05, 0) is 48.4 Å². The summed E-state index contributed by atoms with van der Waals surface area (Å²) in [5.41, 5.74) is 7.88. The SMILES string of the molecule is Nc1ccc(CCNC(=O)c2ccc(F)cc2)cc1. The van der Waals surface area contributed by atoms with E-state index in [0.717, 1.165) is 17.7 Å². The molecule has 0 fully saturated rings. The topological polar surface area (TPSA) is 55.1 Å². The van der Waals surface area contributed by atoms with Gasteiger partial charge in [0.25, 0.3) is 5.91 Å². The number of nitrogen functional groups attached to an aromatic ring is 1. The van der Waals surface area contributed by atoms with E-state index >= 15 is 0 Å². The molecule has 0 aliphatic carbocycles. The van der Waals surface area contributed by atoms with Gasteiger partial charge in [0.2, 0.25) is 0 Å². The summed E-state index contributed by atoms with van der Waals surface area (Å²) in [6.45, 7) is 0.528. The van der Waals surface area contributed by atoms with Gasteiger partial charge in [-0.15, -0.1) is 0 Å². The third-order valence-electron chi connectivity index (χ3n) is 2.79. The zero-order valence-electron chi connectivity index (χ0n) is 10.4. The minimum absolute atomic E-state index is 0.199. The molecule has 1 amide bonds.